The minimum Gasteiger partial charge on any atom is -0.489 e. The molecule has 3 aromatic carbocycles. The molecule has 0 aliphatic carbocycles. The Morgan fingerprint density at radius 3 is 2.18 bits per heavy atom. The van der Waals surface area contributed by atoms with Crippen LogP contribution in [0.15, 0.2) is 78.9 Å². The molecule has 0 radical (unpaired) electrons. The molecule has 3 nitrogen and oxygen atoms in total. The Morgan fingerprint density at radius 2 is 1.54 bits per heavy atom. The monoisotopic (exact) mass is 373 g/mol. The fourth-order valence-electron chi connectivity index (χ4n) is 2.93. The molecule has 144 valence electrons. The van der Waals surface area contributed by atoms with Gasteiger partial charge in [0, 0.05) is 12.1 Å². The lowest BCUT2D eigenvalue weighted by atomic mass is 10.0. The molecule has 0 atom stereocenters. The number of carbonyl (C=O) groups excluding carboxylic acids is 1. The van der Waals surface area contributed by atoms with Gasteiger partial charge in [0.1, 0.15) is 12.4 Å². The van der Waals surface area contributed by atoms with Gasteiger partial charge in [0.25, 0.3) is 0 Å². The van der Waals surface area contributed by atoms with E-state index in [9.17, 15) is 4.79 Å². The summed E-state index contributed by atoms with van der Waals surface area (Å²) < 4.78 is 5.77. The quantitative estimate of drug-likeness (QED) is 0.529. The first-order valence-corrected chi connectivity index (χ1v) is 9.75. The van der Waals surface area contributed by atoms with Crippen LogP contribution in [0.4, 0.5) is 5.69 Å². The Morgan fingerprint density at radius 1 is 0.857 bits per heavy atom. The van der Waals surface area contributed by atoms with Gasteiger partial charge in [-0.05, 0) is 53.3 Å². The van der Waals surface area contributed by atoms with Gasteiger partial charge in [-0.3, -0.25) is 4.79 Å². The number of anilines is 1. The maximum atomic E-state index is 12.2. The number of carbonyl (C=O) groups is 1. The zero-order valence-electron chi connectivity index (χ0n) is 16.5. The van der Waals surface area contributed by atoms with E-state index in [1.54, 1.807) is 0 Å². The minimum absolute atomic E-state index is 0.0193. The van der Waals surface area contributed by atoms with E-state index in [0.717, 1.165) is 23.4 Å². The molecule has 3 heteroatoms. The van der Waals surface area contributed by atoms with E-state index in [-0.39, 0.29) is 5.91 Å². The molecule has 0 aromatic heterocycles. The number of aryl methyl sites for hydroxylation is 1. The molecule has 1 N–H and O–H groups in total. The van der Waals surface area contributed by atoms with E-state index in [2.05, 4.69) is 43.4 Å². The van der Waals surface area contributed by atoms with Crippen molar-refractivity contribution >= 4 is 11.6 Å². The van der Waals surface area contributed by atoms with Crippen LogP contribution in [0.25, 0.3) is 0 Å². The normalized spacial score (nSPS) is 10.7. The number of hydrogen-bond donors (Lipinski definition) is 1. The molecule has 3 aromatic rings. The molecule has 0 bridgehead atoms. The van der Waals surface area contributed by atoms with Crippen molar-refractivity contribution in [1.29, 1.82) is 0 Å². The summed E-state index contributed by atoms with van der Waals surface area (Å²) in [7, 11) is 0. The highest BCUT2D eigenvalue weighted by atomic mass is 16.5. The van der Waals surface area contributed by atoms with E-state index in [0.29, 0.717) is 18.9 Å². The predicted molar refractivity (Wildman–Crippen MR) is 115 cm³/mol. The second-order valence-electron chi connectivity index (χ2n) is 7.24. The zero-order chi connectivity index (χ0) is 19.8. The van der Waals surface area contributed by atoms with Gasteiger partial charge < -0.3 is 10.1 Å². The first-order valence-electron chi connectivity index (χ1n) is 9.75. The number of nitrogens with one attached hydrogen (secondary N) is 1. The Hall–Kier alpha value is -3.07. The smallest absolute Gasteiger partial charge is 0.224 e. The van der Waals surface area contributed by atoms with Crippen LogP contribution in [0.5, 0.6) is 5.75 Å². The van der Waals surface area contributed by atoms with Gasteiger partial charge in [-0.1, -0.05) is 68.4 Å². The standard InChI is InChI=1S/C25H27NO2/c1-19(2)22-11-8-20(9-12-22)10-17-25(27)26-23-13-15-24(16-14-23)28-18-21-6-4-3-5-7-21/h3-9,11-16,19H,10,17-18H2,1-2H3,(H,26,27). The summed E-state index contributed by atoms with van der Waals surface area (Å²) in [6, 6.07) is 26.1. The molecule has 0 heterocycles. The van der Waals surface area contributed by atoms with Crippen LogP contribution in [0.2, 0.25) is 0 Å². The van der Waals surface area contributed by atoms with Gasteiger partial charge in [-0.2, -0.15) is 0 Å². The lowest BCUT2D eigenvalue weighted by molar-refractivity contribution is -0.116. The molecule has 0 spiro atoms. The summed E-state index contributed by atoms with van der Waals surface area (Å²) in [6.45, 7) is 4.89. The van der Waals surface area contributed by atoms with Crippen molar-refractivity contribution in [3.63, 3.8) is 0 Å². The zero-order valence-corrected chi connectivity index (χ0v) is 16.5. The SMILES string of the molecule is CC(C)c1ccc(CCC(=O)Nc2ccc(OCc3ccccc3)cc2)cc1. The summed E-state index contributed by atoms with van der Waals surface area (Å²) in [4.78, 5) is 12.2. The molecule has 1 amide bonds. The van der Waals surface area contributed by atoms with E-state index in [1.807, 2.05) is 54.6 Å². The van der Waals surface area contributed by atoms with Gasteiger partial charge in [0.15, 0.2) is 0 Å². The van der Waals surface area contributed by atoms with Crippen LogP contribution in [0, 0.1) is 0 Å². The Balaban J connectivity index is 1.45. The van der Waals surface area contributed by atoms with Gasteiger partial charge in [0.05, 0.1) is 0 Å². The molecule has 3 rings (SSSR count). The fourth-order valence-corrected chi connectivity index (χ4v) is 2.93. The Labute approximate surface area is 167 Å². The average molecular weight is 373 g/mol. The average Bonchev–Trinajstić information content (AvgIpc) is 2.73. The third-order valence-corrected chi connectivity index (χ3v) is 4.67. The third kappa shape index (κ3) is 5.98. The van der Waals surface area contributed by atoms with Gasteiger partial charge in [0.2, 0.25) is 5.91 Å². The van der Waals surface area contributed by atoms with Crippen molar-refractivity contribution in [2.45, 2.75) is 39.2 Å². The Kier molecular flexibility index (Phi) is 6.85. The summed E-state index contributed by atoms with van der Waals surface area (Å²) in [5, 5.41) is 2.95. The highest BCUT2D eigenvalue weighted by molar-refractivity contribution is 5.90. The molecule has 28 heavy (non-hydrogen) atoms. The first-order chi connectivity index (χ1) is 13.6. The molecule has 0 aliphatic rings. The second kappa shape index (κ2) is 9.75. The first kappa shape index (κ1) is 19.7. The number of rotatable bonds is 8. The predicted octanol–water partition coefficient (Wildman–Crippen LogP) is 5.96. The van der Waals surface area contributed by atoms with Crippen molar-refractivity contribution in [2.75, 3.05) is 5.32 Å². The van der Waals surface area contributed by atoms with Crippen LogP contribution < -0.4 is 10.1 Å². The fraction of sp³-hybridized carbons (Fsp3) is 0.240. The number of amides is 1. The summed E-state index contributed by atoms with van der Waals surface area (Å²) in [5.41, 5.74) is 4.42. The van der Waals surface area contributed by atoms with Crippen LogP contribution in [-0.2, 0) is 17.8 Å². The summed E-state index contributed by atoms with van der Waals surface area (Å²) >= 11 is 0. The maximum absolute atomic E-state index is 12.2. The largest absolute Gasteiger partial charge is 0.489 e. The highest BCUT2D eigenvalue weighted by Crippen LogP contribution is 2.18. The van der Waals surface area contributed by atoms with E-state index >= 15 is 0 Å². The molecule has 0 saturated carbocycles. The van der Waals surface area contributed by atoms with Crippen LogP contribution >= 0.6 is 0 Å². The molecule has 0 aliphatic heterocycles. The van der Waals surface area contributed by atoms with Gasteiger partial charge in [-0.15, -0.1) is 0 Å². The molecule has 0 saturated heterocycles. The van der Waals surface area contributed by atoms with Gasteiger partial charge in [-0.25, -0.2) is 0 Å². The topological polar surface area (TPSA) is 38.3 Å². The Bertz CT molecular complexity index is 869. The molecule has 0 fully saturated rings. The van der Waals surface area contributed by atoms with E-state index in [4.69, 9.17) is 4.74 Å². The van der Waals surface area contributed by atoms with Crippen molar-refractivity contribution in [3.05, 3.63) is 95.6 Å². The van der Waals surface area contributed by atoms with Crippen LogP contribution in [0.3, 0.4) is 0 Å². The van der Waals surface area contributed by atoms with Crippen molar-refractivity contribution in [1.82, 2.24) is 0 Å². The maximum Gasteiger partial charge on any atom is 0.224 e. The van der Waals surface area contributed by atoms with Gasteiger partial charge >= 0.3 is 0 Å². The lowest BCUT2D eigenvalue weighted by Crippen LogP contribution is -2.12. The van der Waals surface area contributed by atoms with E-state index < -0.39 is 0 Å². The van der Waals surface area contributed by atoms with Crippen molar-refractivity contribution < 1.29 is 9.53 Å². The lowest BCUT2D eigenvalue weighted by Gasteiger charge is -2.09. The summed E-state index contributed by atoms with van der Waals surface area (Å²) in [6.07, 6.45) is 1.20. The highest BCUT2D eigenvalue weighted by Gasteiger charge is 2.05. The number of hydrogen-bond acceptors (Lipinski definition) is 2. The minimum atomic E-state index is 0.0193. The van der Waals surface area contributed by atoms with Crippen LogP contribution in [0.1, 0.15) is 42.9 Å². The summed E-state index contributed by atoms with van der Waals surface area (Å²) in [5.74, 6) is 1.33. The third-order valence-electron chi connectivity index (χ3n) is 4.67. The van der Waals surface area contributed by atoms with Crippen LogP contribution in [-0.4, -0.2) is 5.91 Å². The molecular weight excluding hydrogens is 346 g/mol. The number of benzene rings is 3. The van der Waals surface area contributed by atoms with E-state index in [1.165, 1.54) is 11.1 Å². The molecule has 0 unspecified atom stereocenters. The number of ether oxygens (including phenoxy) is 1. The van der Waals surface area contributed by atoms with Crippen molar-refractivity contribution in [2.24, 2.45) is 0 Å². The van der Waals surface area contributed by atoms with Crippen molar-refractivity contribution in [3.8, 4) is 5.75 Å². The molecular formula is C25H27NO2. The second-order valence-corrected chi connectivity index (χ2v) is 7.24.